The summed E-state index contributed by atoms with van der Waals surface area (Å²) in [6.07, 6.45) is 0.127. The van der Waals surface area contributed by atoms with Crippen molar-refractivity contribution in [3.63, 3.8) is 0 Å². The fourth-order valence-corrected chi connectivity index (χ4v) is 4.57. The first-order valence-electron chi connectivity index (χ1n) is 13.1. The molecule has 220 valence electrons. The fraction of sp³-hybridized carbons (Fsp3) is 0.393. The van der Waals surface area contributed by atoms with Gasteiger partial charge in [0.2, 0.25) is 5.95 Å². The van der Waals surface area contributed by atoms with Gasteiger partial charge in [-0.1, -0.05) is 12.1 Å². The maximum absolute atomic E-state index is 9.48. The number of rotatable bonds is 14. The first-order valence-corrected chi connectivity index (χ1v) is 13.1. The first-order chi connectivity index (χ1) is 20.0. The number of hydrogen-bond donors (Lipinski definition) is 5. The molecule has 0 fully saturated rings. The van der Waals surface area contributed by atoms with Crippen LogP contribution in [0.4, 0.5) is 11.6 Å². The molecule has 13 heteroatoms. The van der Waals surface area contributed by atoms with Gasteiger partial charge in [0.05, 0.1) is 53.1 Å². The molecule has 2 heterocycles. The van der Waals surface area contributed by atoms with Crippen molar-refractivity contribution in [3.05, 3.63) is 58.9 Å². The quantitative estimate of drug-likeness (QED) is 0.176. The number of nitrogens with zero attached hydrogens (tertiary/aromatic N) is 4. The van der Waals surface area contributed by atoms with Gasteiger partial charge in [-0.05, 0) is 35.4 Å². The molecule has 0 saturated heterocycles. The van der Waals surface area contributed by atoms with Crippen LogP contribution in [0.25, 0.3) is 0 Å². The highest BCUT2D eigenvalue weighted by Gasteiger charge is 2.31. The average Bonchev–Trinajstić information content (AvgIpc) is 3.00. The molecule has 0 radical (unpaired) electrons. The number of ether oxygens (including phenoxy) is 4. The minimum Gasteiger partial charge on any atom is -0.493 e. The van der Waals surface area contributed by atoms with Crippen LogP contribution in [-0.2, 0) is 12.8 Å². The Kier molecular flexibility index (Phi) is 10.1. The molecule has 1 unspecified atom stereocenters. The summed E-state index contributed by atoms with van der Waals surface area (Å²) in [6.45, 7) is 0.373. The number of aliphatic hydroxyl groups is 2. The monoisotopic (exact) mass is 567 g/mol. The summed E-state index contributed by atoms with van der Waals surface area (Å²) in [5.74, 6) is 9.40. The summed E-state index contributed by atoms with van der Waals surface area (Å²) < 4.78 is 21.8. The van der Waals surface area contributed by atoms with Crippen LogP contribution in [0, 0.1) is 0 Å². The molecule has 1 aliphatic rings. The van der Waals surface area contributed by atoms with E-state index in [1.165, 1.54) is 5.01 Å². The number of benzene rings is 2. The second-order valence-corrected chi connectivity index (χ2v) is 9.11. The predicted octanol–water partition coefficient (Wildman–Crippen LogP) is 1.10. The average molecular weight is 568 g/mol. The van der Waals surface area contributed by atoms with Gasteiger partial charge in [-0.2, -0.15) is 0 Å². The summed E-state index contributed by atoms with van der Waals surface area (Å²) in [5, 5.41) is 26.6. The number of hydrogen-bond acceptors (Lipinski definition) is 13. The van der Waals surface area contributed by atoms with Crippen LogP contribution in [0.3, 0.4) is 0 Å². The van der Waals surface area contributed by atoms with E-state index in [2.05, 4.69) is 10.6 Å². The molecule has 4 rings (SSSR count). The summed E-state index contributed by atoms with van der Waals surface area (Å²) in [7, 11) is 6.34. The third-order valence-corrected chi connectivity index (χ3v) is 6.50. The van der Waals surface area contributed by atoms with Crippen molar-refractivity contribution in [2.24, 2.45) is 10.8 Å². The predicted molar refractivity (Wildman–Crippen MR) is 155 cm³/mol. The number of aromatic nitrogens is 2. The van der Waals surface area contributed by atoms with Crippen LogP contribution in [0.2, 0.25) is 0 Å². The molecular formula is C28H37N7O6. The summed E-state index contributed by atoms with van der Waals surface area (Å²) >= 11 is 0. The van der Waals surface area contributed by atoms with Crippen molar-refractivity contribution in [2.45, 2.75) is 19.1 Å². The molecule has 1 atom stereocenters. The molecule has 3 aromatic rings. The Morgan fingerprint density at radius 3 is 1.95 bits per heavy atom. The molecule has 0 aliphatic carbocycles. The zero-order valence-electron chi connectivity index (χ0n) is 23.7. The molecule has 0 amide bonds. The Hall–Kier alpha value is -4.17. The molecule has 6 N–H and O–H groups in total. The molecule has 0 spiro atoms. The van der Waals surface area contributed by atoms with E-state index in [1.807, 2.05) is 36.4 Å². The van der Waals surface area contributed by atoms with Crippen LogP contribution >= 0.6 is 0 Å². The minimum atomic E-state index is -0.672. The van der Waals surface area contributed by atoms with E-state index < -0.39 is 6.29 Å². The second-order valence-electron chi connectivity index (χ2n) is 9.11. The van der Waals surface area contributed by atoms with Crippen molar-refractivity contribution in [1.82, 2.24) is 15.3 Å². The highest BCUT2D eigenvalue weighted by Crippen LogP contribution is 2.34. The molecule has 13 nitrogen and oxygen atoms in total. The molecule has 41 heavy (non-hydrogen) atoms. The fourth-order valence-electron chi connectivity index (χ4n) is 4.57. The molecule has 2 aromatic carbocycles. The Labute approximate surface area is 238 Å². The Balaban J connectivity index is 1.83. The van der Waals surface area contributed by atoms with E-state index in [-0.39, 0.29) is 26.3 Å². The zero-order chi connectivity index (χ0) is 29.4. The third-order valence-electron chi connectivity index (χ3n) is 6.50. The number of anilines is 2. The van der Waals surface area contributed by atoms with E-state index >= 15 is 0 Å². The van der Waals surface area contributed by atoms with Crippen LogP contribution in [0.15, 0.2) is 41.4 Å². The molecule has 0 saturated carbocycles. The highest BCUT2D eigenvalue weighted by molar-refractivity contribution is 6.06. The lowest BCUT2D eigenvalue weighted by atomic mass is 10.00. The third kappa shape index (κ3) is 6.77. The zero-order valence-corrected chi connectivity index (χ0v) is 23.7. The topological polar surface area (TPSA) is 169 Å². The van der Waals surface area contributed by atoms with Gasteiger partial charge in [-0.3, -0.25) is 10.3 Å². The van der Waals surface area contributed by atoms with Gasteiger partial charge in [0, 0.05) is 25.9 Å². The maximum atomic E-state index is 9.48. The number of methoxy groups -OCH3 is 4. The van der Waals surface area contributed by atoms with E-state index in [1.54, 1.807) is 28.4 Å². The standard InChI is InChI=1S/C28H37N7O6/c1-38-21-7-5-17(15-23(21)40-3)13-19-25-26(35(29)28(33-19)31-10-12-37)20(32-27(34-25)30-9-11-36)14-18-6-8-22(39-2)24(16-18)41-4/h5-8,15-16,28,31,36-37H,9-14,29H2,1-4H3,(H,30,32,34). The lowest BCUT2D eigenvalue weighted by Crippen LogP contribution is -2.53. The van der Waals surface area contributed by atoms with E-state index in [0.717, 1.165) is 11.1 Å². The number of fused-ring (bicyclic) bond motifs is 1. The van der Waals surface area contributed by atoms with Crippen LogP contribution in [-0.4, -0.2) is 86.9 Å². The lowest BCUT2D eigenvalue weighted by molar-refractivity contribution is 0.283. The lowest BCUT2D eigenvalue weighted by Gasteiger charge is -2.34. The van der Waals surface area contributed by atoms with Gasteiger partial charge < -0.3 is 34.5 Å². The van der Waals surface area contributed by atoms with Crippen molar-refractivity contribution >= 4 is 17.3 Å². The van der Waals surface area contributed by atoms with Crippen molar-refractivity contribution in [2.75, 3.05) is 65.1 Å². The molecule has 1 aliphatic heterocycles. The maximum Gasteiger partial charge on any atom is 0.223 e. The minimum absolute atomic E-state index is 0.0866. The van der Waals surface area contributed by atoms with Crippen LogP contribution < -0.4 is 40.4 Å². The molecular weight excluding hydrogens is 530 g/mol. The number of nitrogens with two attached hydrogens (primary N) is 1. The van der Waals surface area contributed by atoms with Crippen molar-refractivity contribution in [3.8, 4) is 23.0 Å². The van der Waals surface area contributed by atoms with Crippen LogP contribution in [0.1, 0.15) is 22.5 Å². The number of nitrogens with one attached hydrogen (secondary N) is 2. The number of aliphatic imine (C=N–C) groups is 1. The van der Waals surface area contributed by atoms with Crippen molar-refractivity contribution < 1.29 is 29.2 Å². The van der Waals surface area contributed by atoms with E-state index in [4.69, 9.17) is 39.8 Å². The largest absolute Gasteiger partial charge is 0.493 e. The van der Waals surface area contributed by atoms with E-state index in [9.17, 15) is 10.2 Å². The van der Waals surface area contributed by atoms with Gasteiger partial charge >= 0.3 is 0 Å². The molecule has 1 aromatic heterocycles. The number of aliphatic hydroxyl groups excluding tert-OH is 2. The van der Waals surface area contributed by atoms with E-state index in [0.29, 0.717) is 64.6 Å². The van der Waals surface area contributed by atoms with Gasteiger partial charge in [-0.15, -0.1) is 0 Å². The summed E-state index contributed by atoms with van der Waals surface area (Å²) in [6, 6.07) is 11.3. The smallest absolute Gasteiger partial charge is 0.223 e. The SMILES string of the molecule is COc1ccc(CC2=NC(NCCO)N(N)c3c(Cc4ccc(OC)c(OC)c4)nc(NCCO)nc32)cc1OC. The Morgan fingerprint density at radius 2 is 1.39 bits per heavy atom. The second kappa shape index (κ2) is 13.9. The summed E-state index contributed by atoms with van der Waals surface area (Å²) in [4.78, 5) is 14.4. The van der Waals surface area contributed by atoms with Gasteiger partial charge in [-0.25, -0.2) is 20.8 Å². The summed E-state index contributed by atoms with van der Waals surface area (Å²) in [5.41, 5.74) is 4.27. The van der Waals surface area contributed by atoms with Crippen LogP contribution in [0.5, 0.6) is 23.0 Å². The first kappa shape index (κ1) is 29.8. The van der Waals surface area contributed by atoms with Gasteiger partial charge in [0.15, 0.2) is 29.3 Å². The normalized spacial score (nSPS) is 14.3. The Bertz CT molecular complexity index is 1370. The van der Waals surface area contributed by atoms with Gasteiger partial charge in [0.1, 0.15) is 11.4 Å². The Morgan fingerprint density at radius 1 is 0.805 bits per heavy atom. The van der Waals surface area contributed by atoms with Crippen molar-refractivity contribution in [1.29, 1.82) is 0 Å². The molecule has 0 bridgehead atoms. The van der Waals surface area contributed by atoms with Gasteiger partial charge in [0.25, 0.3) is 0 Å². The number of hydrazine groups is 1. The highest BCUT2D eigenvalue weighted by atomic mass is 16.5.